The first-order chi connectivity index (χ1) is 21.5. The minimum atomic E-state index is -4.82. The Morgan fingerprint density at radius 1 is 1.11 bits per heavy atom. The number of imide groups is 2. The van der Waals surface area contributed by atoms with Gasteiger partial charge in [-0.05, 0) is 48.6 Å². The zero-order valence-electron chi connectivity index (χ0n) is 23.8. The summed E-state index contributed by atoms with van der Waals surface area (Å²) in [5.41, 5.74) is -0.739. The van der Waals surface area contributed by atoms with Gasteiger partial charge in [0.2, 0.25) is 0 Å². The standard InChI is InChI=1S/C29H23BrCl3F3N4O6/c1-38(22-16(31)6-8-19(37-22)29(34,35)36)40-23(42)14-5-4-13-15(20(14)24(40)43)10-27(32)25(44)39(11-30)26(45)28(27,33)21(13)12-3-7-18(46-2)17(41)9-12/h3-4,6-9,14-15,20-21,41H,5,10-11H2,1-2H3/t14-,15+,20-,21-,27+,28-/m0/s1. The third-order valence-electron chi connectivity index (χ3n) is 9.25. The second-order valence-electron chi connectivity index (χ2n) is 11.4. The molecule has 17 heteroatoms. The van der Waals surface area contributed by atoms with E-state index in [0.29, 0.717) is 22.2 Å². The maximum Gasteiger partial charge on any atom is 0.433 e. The zero-order valence-corrected chi connectivity index (χ0v) is 27.7. The number of pyridine rings is 1. The lowest BCUT2D eigenvalue weighted by Gasteiger charge is -2.50. The number of rotatable bonds is 5. The average molecular weight is 767 g/mol. The van der Waals surface area contributed by atoms with E-state index in [1.807, 2.05) is 0 Å². The van der Waals surface area contributed by atoms with Gasteiger partial charge in [-0.2, -0.15) is 18.2 Å². The largest absolute Gasteiger partial charge is 0.504 e. The van der Waals surface area contributed by atoms with Crippen LogP contribution in [0.5, 0.6) is 11.5 Å². The summed E-state index contributed by atoms with van der Waals surface area (Å²) in [4.78, 5) is 55.8. The molecule has 3 fully saturated rings. The van der Waals surface area contributed by atoms with Crippen molar-refractivity contribution in [3.63, 3.8) is 0 Å². The highest BCUT2D eigenvalue weighted by molar-refractivity contribution is 9.09. The number of hydrogen-bond donors (Lipinski definition) is 1. The van der Waals surface area contributed by atoms with E-state index in [1.54, 1.807) is 12.1 Å². The minimum Gasteiger partial charge on any atom is -0.504 e. The van der Waals surface area contributed by atoms with Crippen LogP contribution >= 0.6 is 50.7 Å². The lowest BCUT2D eigenvalue weighted by atomic mass is 9.56. The van der Waals surface area contributed by atoms with Gasteiger partial charge in [0.1, 0.15) is 5.69 Å². The Hall–Kier alpha value is -3.07. The predicted molar refractivity (Wildman–Crippen MR) is 163 cm³/mol. The Morgan fingerprint density at radius 3 is 2.41 bits per heavy atom. The number of aromatic hydroxyl groups is 1. The molecule has 4 amide bonds. The summed E-state index contributed by atoms with van der Waals surface area (Å²) >= 11 is 23.7. The van der Waals surface area contributed by atoms with E-state index < -0.39 is 74.7 Å². The predicted octanol–water partition coefficient (Wildman–Crippen LogP) is 5.23. The molecule has 46 heavy (non-hydrogen) atoms. The molecule has 10 nitrogen and oxygen atoms in total. The van der Waals surface area contributed by atoms with Crippen molar-refractivity contribution in [2.45, 2.75) is 34.7 Å². The smallest absolute Gasteiger partial charge is 0.433 e. The fourth-order valence-electron chi connectivity index (χ4n) is 7.20. The fourth-order valence-corrected chi connectivity index (χ4v) is 8.86. The van der Waals surface area contributed by atoms with Gasteiger partial charge in [0, 0.05) is 13.0 Å². The number of halogens is 7. The van der Waals surface area contributed by atoms with Gasteiger partial charge in [0.05, 0.1) is 29.4 Å². The number of hydrazine groups is 1. The first kappa shape index (κ1) is 32.9. The van der Waals surface area contributed by atoms with Crippen LogP contribution in [0.15, 0.2) is 42.0 Å². The van der Waals surface area contributed by atoms with Crippen LogP contribution in [0.25, 0.3) is 0 Å². The summed E-state index contributed by atoms with van der Waals surface area (Å²) < 4.78 is 45.6. The van der Waals surface area contributed by atoms with Crippen molar-refractivity contribution in [3.05, 3.63) is 58.3 Å². The molecule has 244 valence electrons. The fraction of sp³-hybridized carbons (Fsp3) is 0.414. The van der Waals surface area contributed by atoms with E-state index in [4.69, 9.17) is 39.5 Å². The molecule has 1 saturated carbocycles. The van der Waals surface area contributed by atoms with Gasteiger partial charge in [-0.1, -0.05) is 45.2 Å². The topological polar surface area (TPSA) is 120 Å². The third-order valence-corrected chi connectivity index (χ3v) is 11.5. The number of likely N-dealkylation sites (tertiary alicyclic amines) is 1. The average Bonchev–Trinajstić information content (AvgIpc) is 3.33. The van der Waals surface area contributed by atoms with Gasteiger partial charge in [-0.25, -0.2) is 4.98 Å². The van der Waals surface area contributed by atoms with Crippen molar-refractivity contribution in [1.82, 2.24) is 14.9 Å². The number of aromatic nitrogens is 1. The van der Waals surface area contributed by atoms with E-state index in [-0.39, 0.29) is 34.8 Å². The number of phenols is 1. The number of amides is 4. The van der Waals surface area contributed by atoms with Crippen molar-refractivity contribution >= 4 is 80.2 Å². The van der Waals surface area contributed by atoms with Crippen molar-refractivity contribution in [2.24, 2.45) is 17.8 Å². The second-order valence-corrected chi connectivity index (χ2v) is 13.6. The number of allylic oxidation sites excluding steroid dienone is 2. The molecule has 4 aliphatic rings. The van der Waals surface area contributed by atoms with Crippen LogP contribution < -0.4 is 9.75 Å². The molecule has 1 aromatic heterocycles. The number of phenolic OH excluding ortho intramolecular Hbond substituents is 1. The molecular formula is C29H23BrCl3F3N4O6. The van der Waals surface area contributed by atoms with Gasteiger partial charge < -0.3 is 9.84 Å². The molecule has 2 aromatic rings. The summed E-state index contributed by atoms with van der Waals surface area (Å²) in [5.74, 6) is -7.89. The van der Waals surface area contributed by atoms with Crippen LogP contribution in [-0.2, 0) is 25.4 Å². The van der Waals surface area contributed by atoms with Crippen molar-refractivity contribution in [1.29, 1.82) is 0 Å². The van der Waals surface area contributed by atoms with Crippen LogP contribution in [0.1, 0.15) is 30.0 Å². The number of fused-ring (bicyclic) bond motifs is 4. The number of anilines is 1. The third kappa shape index (κ3) is 4.39. The summed E-state index contributed by atoms with van der Waals surface area (Å²) in [6.45, 7) is 0. The van der Waals surface area contributed by atoms with E-state index in [1.165, 1.54) is 26.3 Å². The van der Waals surface area contributed by atoms with Crippen LogP contribution in [0.2, 0.25) is 5.02 Å². The lowest BCUT2D eigenvalue weighted by molar-refractivity contribution is -0.142. The molecule has 3 heterocycles. The van der Waals surface area contributed by atoms with Gasteiger partial charge in [-0.15, -0.1) is 23.2 Å². The summed E-state index contributed by atoms with van der Waals surface area (Å²) in [5, 5.41) is 12.0. The second kappa shape index (κ2) is 11.0. The van der Waals surface area contributed by atoms with Crippen LogP contribution in [0.4, 0.5) is 19.0 Å². The van der Waals surface area contributed by atoms with Crippen molar-refractivity contribution in [3.8, 4) is 11.5 Å². The Bertz CT molecular complexity index is 1750. The SMILES string of the molecule is COc1ccc([C@H]2C3=CC[C@@H]4C(=O)N(N(C)c5nc(C(F)(F)F)ccc5Cl)C(=O)[C@@H]4[C@@H]3C[C@@]3(Cl)C(=O)N(CBr)C(=O)[C@@]23Cl)cc1O. The lowest BCUT2D eigenvalue weighted by Crippen LogP contribution is -2.60. The van der Waals surface area contributed by atoms with Crippen LogP contribution in [0.3, 0.4) is 0 Å². The van der Waals surface area contributed by atoms with E-state index in [9.17, 15) is 37.5 Å². The minimum absolute atomic E-state index is 0.000349. The molecule has 6 rings (SSSR count). The number of nitrogens with zero attached hydrogens (tertiary/aromatic N) is 4. The number of carbonyl (C=O) groups is 4. The van der Waals surface area contributed by atoms with Crippen LogP contribution in [-0.4, -0.2) is 73.0 Å². The number of hydrogen-bond acceptors (Lipinski definition) is 8. The Labute approximate surface area is 283 Å². The maximum absolute atomic E-state index is 14.2. The highest BCUT2D eigenvalue weighted by atomic mass is 79.9. The van der Waals surface area contributed by atoms with E-state index >= 15 is 0 Å². The van der Waals surface area contributed by atoms with Gasteiger partial charge >= 0.3 is 6.18 Å². The number of benzene rings is 1. The van der Waals surface area contributed by atoms with E-state index in [0.717, 1.165) is 16.0 Å². The monoisotopic (exact) mass is 764 g/mol. The Morgan fingerprint density at radius 2 is 1.80 bits per heavy atom. The van der Waals surface area contributed by atoms with Crippen molar-refractivity contribution < 1.29 is 42.2 Å². The highest BCUT2D eigenvalue weighted by Gasteiger charge is 2.76. The quantitative estimate of drug-likeness (QED) is 0.190. The Balaban J connectivity index is 1.46. The van der Waals surface area contributed by atoms with Gasteiger partial charge in [0.25, 0.3) is 23.6 Å². The number of alkyl halides is 6. The van der Waals surface area contributed by atoms with Crippen LogP contribution in [0, 0.1) is 17.8 Å². The zero-order chi connectivity index (χ0) is 33.7. The molecule has 0 unspecified atom stereocenters. The number of methoxy groups -OCH3 is 1. The van der Waals surface area contributed by atoms with E-state index in [2.05, 4.69) is 20.9 Å². The van der Waals surface area contributed by atoms with Crippen molar-refractivity contribution in [2.75, 3.05) is 24.6 Å². The number of carbonyl (C=O) groups excluding carboxylic acids is 4. The molecule has 0 radical (unpaired) electrons. The molecule has 0 spiro atoms. The first-order valence-corrected chi connectivity index (χ1v) is 16.0. The van der Waals surface area contributed by atoms with Gasteiger partial charge in [0.15, 0.2) is 27.1 Å². The molecule has 2 saturated heterocycles. The highest BCUT2D eigenvalue weighted by Crippen LogP contribution is 2.65. The molecular weight excluding hydrogens is 744 g/mol. The van der Waals surface area contributed by atoms with Gasteiger partial charge in [-0.3, -0.25) is 29.1 Å². The molecule has 1 N–H and O–H groups in total. The molecule has 0 bridgehead atoms. The molecule has 1 aromatic carbocycles. The maximum atomic E-state index is 14.2. The Kier molecular flexibility index (Phi) is 7.85. The summed E-state index contributed by atoms with van der Waals surface area (Å²) in [6.07, 6.45) is -3.45. The first-order valence-electron chi connectivity index (χ1n) is 13.7. The number of ether oxygens (including phenoxy) is 1. The molecule has 2 aliphatic carbocycles. The normalized spacial score (nSPS) is 30.7. The molecule has 2 aliphatic heterocycles. The summed E-state index contributed by atoms with van der Waals surface area (Å²) in [6, 6.07) is 5.98. The summed E-state index contributed by atoms with van der Waals surface area (Å²) in [7, 11) is 2.54. The molecule has 6 atom stereocenters.